The molecule has 0 fully saturated rings. The molecule has 4 heteroatoms. The molecule has 0 spiro atoms. The van der Waals surface area contributed by atoms with Gasteiger partial charge < -0.3 is 10.7 Å². The molecule has 0 radical (unpaired) electrons. The predicted molar refractivity (Wildman–Crippen MR) is 82.3 cm³/mol. The van der Waals surface area contributed by atoms with E-state index in [4.69, 9.17) is 5.73 Å². The summed E-state index contributed by atoms with van der Waals surface area (Å²) in [5, 5.41) is 2.12. The smallest absolute Gasteiger partial charge is 0.106 e. The lowest BCUT2D eigenvalue weighted by atomic mass is 9.94. The zero-order chi connectivity index (χ0) is 13.8. The summed E-state index contributed by atoms with van der Waals surface area (Å²) in [5.41, 5.74) is 8.29. The van der Waals surface area contributed by atoms with Gasteiger partial charge in [0, 0.05) is 6.42 Å². The Balaban J connectivity index is 2.07. The van der Waals surface area contributed by atoms with E-state index in [9.17, 15) is 0 Å². The fourth-order valence-corrected chi connectivity index (χ4v) is 3.33. The number of nitrogens with zero attached hydrogens (tertiary/aromatic N) is 1. The molecule has 2 aromatic rings. The van der Waals surface area contributed by atoms with Crippen LogP contribution in [0.2, 0.25) is 0 Å². The molecule has 2 rings (SSSR count). The first-order valence-electron chi connectivity index (χ1n) is 6.88. The van der Waals surface area contributed by atoms with Crippen LogP contribution in [0.4, 0.5) is 0 Å². The maximum Gasteiger partial charge on any atom is 0.106 e. The largest absolute Gasteiger partial charge is 0.341 e. The Morgan fingerprint density at radius 1 is 1.42 bits per heavy atom. The summed E-state index contributed by atoms with van der Waals surface area (Å²) in [7, 11) is 0. The highest BCUT2D eigenvalue weighted by Crippen LogP contribution is 2.27. The first kappa shape index (κ1) is 14.3. The van der Waals surface area contributed by atoms with Crippen molar-refractivity contribution in [1.29, 1.82) is 0 Å². The van der Waals surface area contributed by atoms with Gasteiger partial charge in [-0.15, -0.1) is 11.3 Å². The van der Waals surface area contributed by atoms with Gasteiger partial charge in [0.05, 0.1) is 16.8 Å². The summed E-state index contributed by atoms with van der Waals surface area (Å²) in [5.74, 6) is 2.25. The van der Waals surface area contributed by atoms with Crippen LogP contribution in [-0.2, 0) is 6.42 Å². The number of nitrogens with one attached hydrogen (secondary N) is 1. The second-order valence-corrected chi connectivity index (χ2v) is 6.53. The third kappa shape index (κ3) is 3.67. The zero-order valence-corrected chi connectivity index (χ0v) is 12.8. The van der Waals surface area contributed by atoms with Gasteiger partial charge in [-0.25, -0.2) is 4.98 Å². The molecule has 3 N–H and O–H groups in total. The Hall–Kier alpha value is -1.13. The summed E-state index contributed by atoms with van der Waals surface area (Å²) < 4.78 is 0. The standard InChI is InChI=1S/C15H23N3S/c1-10(2)6-12(8-16)7-14-17-9-13(18-14)15-11(3)4-5-19-15/h4-5,9-10,12H,6-8,16H2,1-3H3,(H,17,18). The molecule has 3 nitrogen and oxygen atoms in total. The number of H-pyrrole nitrogens is 1. The van der Waals surface area contributed by atoms with Crippen LogP contribution >= 0.6 is 11.3 Å². The average molecular weight is 277 g/mol. The number of rotatable bonds is 6. The number of hydrogen-bond donors (Lipinski definition) is 2. The number of aromatic nitrogens is 2. The highest BCUT2D eigenvalue weighted by molar-refractivity contribution is 7.13. The van der Waals surface area contributed by atoms with Crippen LogP contribution in [0.1, 0.15) is 31.7 Å². The van der Waals surface area contributed by atoms with Crippen molar-refractivity contribution in [1.82, 2.24) is 9.97 Å². The van der Waals surface area contributed by atoms with Crippen molar-refractivity contribution < 1.29 is 0 Å². The molecule has 0 bridgehead atoms. The monoisotopic (exact) mass is 277 g/mol. The molecule has 2 heterocycles. The van der Waals surface area contributed by atoms with Crippen LogP contribution in [-0.4, -0.2) is 16.5 Å². The molecular formula is C15H23N3S. The van der Waals surface area contributed by atoms with Crippen molar-refractivity contribution in [3.8, 4) is 10.6 Å². The third-order valence-corrected chi connectivity index (χ3v) is 4.41. The molecule has 0 amide bonds. The number of aromatic amines is 1. The Kier molecular flexibility index (Phi) is 4.77. The van der Waals surface area contributed by atoms with Crippen LogP contribution in [0.3, 0.4) is 0 Å². The third-order valence-electron chi connectivity index (χ3n) is 3.36. The first-order valence-corrected chi connectivity index (χ1v) is 7.76. The molecular weight excluding hydrogens is 254 g/mol. The van der Waals surface area contributed by atoms with Gasteiger partial charge in [0.25, 0.3) is 0 Å². The minimum atomic E-state index is 0.517. The summed E-state index contributed by atoms with van der Waals surface area (Å²) in [4.78, 5) is 9.23. The van der Waals surface area contributed by atoms with Gasteiger partial charge in [-0.2, -0.15) is 0 Å². The summed E-state index contributed by atoms with van der Waals surface area (Å²) >= 11 is 1.76. The number of thiophene rings is 1. The number of aryl methyl sites for hydroxylation is 1. The summed E-state index contributed by atoms with van der Waals surface area (Å²) in [6.45, 7) is 7.34. The zero-order valence-electron chi connectivity index (χ0n) is 11.9. The second-order valence-electron chi connectivity index (χ2n) is 5.61. The van der Waals surface area contributed by atoms with E-state index in [2.05, 4.69) is 42.2 Å². The summed E-state index contributed by atoms with van der Waals surface area (Å²) in [6, 6.07) is 2.14. The van der Waals surface area contributed by atoms with E-state index < -0.39 is 0 Å². The molecule has 0 aliphatic carbocycles. The Morgan fingerprint density at radius 3 is 2.79 bits per heavy atom. The molecule has 0 aromatic carbocycles. The maximum absolute atomic E-state index is 5.85. The van der Waals surface area contributed by atoms with E-state index in [1.54, 1.807) is 11.3 Å². The SMILES string of the molecule is Cc1ccsc1-c1cnc(CC(CN)CC(C)C)[nH]1. The molecule has 0 saturated heterocycles. The number of nitrogens with two attached hydrogens (primary N) is 1. The molecule has 1 atom stereocenters. The first-order chi connectivity index (χ1) is 9.10. The highest BCUT2D eigenvalue weighted by atomic mass is 32.1. The van der Waals surface area contributed by atoms with Crippen molar-refractivity contribution in [3.63, 3.8) is 0 Å². The lowest BCUT2D eigenvalue weighted by Gasteiger charge is -2.15. The van der Waals surface area contributed by atoms with Crippen LogP contribution in [0.15, 0.2) is 17.6 Å². The van der Waals surface area contributed by atoms with E-state index >= 15 is 0 Å². The molecule has 1 unspecified atom stereocenters. The fraction of sp³-hybridized carbons (Fsp3) is 0.533. The molecule has 0 aliphatic rings. The number of hydrogen-bond acceptors (Lipinski definition) is 3. The van der Waals surface area contributed by atoms with E-state index in [1.165, 1.54) is 10.4 Å². The molecule has 0 aliphatic heterocycles. The second kappa shape index (κ2) is 6.35. The predicted octanol–water partition coefficient (Wildman–Crippen LogP) is 3.61. The highest BCUT2D eigenvalue weighted by Gasteiger charge is 2.13. The van der Waals surface area contributed by atoms with E-state index in [-0.39, 0.29) is 0 Å². The van der Waals surface area contributed by atoms with E-state index in [0.717, 1.165) is 30.9 Å². The van der Waals surface area contributed by atoms with Gasteiger partial charge in [-0.3, -0.25) is 0 Å². The van der Waals surface area contributed by atoms with Crippen molar-refractivity contribution in [2.75, 3.05) is 6.54 Å². The Morgan fingerprint density at radius 2 is 2.21 bits per heavy atom. The van der Waals surface area contributed by atoms with Crippen molar-refractivity contribution in [3.05, 3.63) is 29.0 Å². The van der Waals surface area contributed by atoms with Crippen molar-refractivity contribution >= 4 is 11.3 Å². The van der Waals surface area contributed by atoms with E-state index in [1.807, 2.05) is 6.20 Å². The quantitative estimate of drug-likeness (QED) is 0.847. The van der Waals surface area contributed by atoms with Crippen LogP contribution in [0.25, 0.3) is 10.6 Å². The van der Waals surface area contributed by atoms with Crippen LogP contribution in [0.5, 0.6) is 0 Å². The van der Waals surface area contributed by atoms with Gasteiger partial charge in [-0.1, -0.05) is 13.8 Å². The average Bonchev–Trinajstić information content (AvgIpc) is 2.96. The van der Waals surface area contributed by atoms with Crippen LogP contribution < -0.4 is 5.73 Å². The van der Waals surface area contributed by atoms with Crippen molar-refractivity contribution in [2.45, 2.75) is 33.6 Å². The van der Waals surface area contributed by atoms with Gasteiger partial charge in [0.1, 0.15) is 5.82 Å². The van der Waals surface area contributed by atoms with Gasteiger partial charge in [-0.05, 0) is 48.7 Å². The maximum atomic E-state index is 5.85. The fourth-order valence-electron chi connectivity index (χ4n) is 2.43. The lowest BCUT2D eigenvalue weighted by Crippen LogP contribution is -2.19. The number of imidazole rings is 1. The minimum absolute atomic E-state index is 0.517. The Labute approximate surface area is 119 Å². The molecule has 2 aromatic heterocycles. The van der Waals surface area contributed by atoms with Gasteiger partial charge in [0.2, 0.25) is 0 Å². The Bertz CT molecular complexity index is 513. The van der Waals surface area contributed by atoms with E-state index in [0.29, 0.717) is 11.8 Å². The van der Waals surface area contributed by atoms with Crippen molar-refractivity contribution in [2.24, 2.45) is 17.6 Å². The molecule has 104 valence electrons. The van der Waals surface area contributed by atoms with Crippen LogP contribution in [0, 0.1) is 18.8 Å². The lowest BCUT2D eigenvalue weighted by molar-refractivity contribution is 0.409. The normalized spacial score (nSPS) is 13.1. The topological polar surface area (TPSA) is 54.7 Å². The van der Waals surface area contributed by atoms with Gasteiger partial charge in [0.15, 0.2) is 0 Å². The minimum Gasteiger partial charge on any atom is -0.341 e. The molecule has 0 saturated carbocycles. The van der Waals surface area contributed by atoms with Gasteiger partial charge >= 0.3 is 0 Å². The molecule has 19 heavy (non-hydrogen) atoms. The summed E-state index contributed by atoms with van der Waals surface area (Å²) in [6.07, 6.45) is 4.04.